The highest BCUT2D eigenvalue weighted by Gasteiger charge is 2.33. The number of hydrogen-bond acceptors (Lipinski definition) is 6. The summed E-state index contributed by atoms with van der Waals surface area (Å²) in [5.41, 5.74) is 0.725. The minimum Gasteiger partial charge on any atom is -0.335 e. The molecule has 0 radical (unpaired) electrons. The van der Waals surface area contributed by atoms with Crippen LogP contribution < -0.4 is 10.7 Å². The lowest BCUT2D eigenvalue weighted by Crippen LogP contribution is -2.41. The molecule has 104 valence electrons. The Morgan fingerprint density at radius 2 is 2.42 bits per heavy atom. The van der Waals surface area contributed by atoms with Gasteiger partial charge in [-0.3, -0.25) is 19.3 Å². The van der Waals surface area contributed by atoms with Gasteiger partial charge >= 0.3 is 4.87 Å². The van der Waals surface area contributed by atoms with Crippen molar-refractivity contribution in [3.05, 3.63) is 32.9 Å². The summed E-state index contributed by atoms with van der Waals surface area (Å²) < 4.78 is 1.14. The van der Waals surface area contributed by atoms with Crippen molar-refractivity contribution in [1.82, 2.24) is 14.6 Å². The number of aromatic nitrogens is 1. The van der Waals surface area contributed by atoms with Gasteiger partial charge in [-0.15, -0.1) is 6.58 Å². The van der Waals surface area contributed by atoms with Crippen LogP contribution in [0, 0.1) is 0 Å². The van der Waals surface area contributed by atoms with E-state index in [0.29, 0.717) is 19.5 Å². The highest BCUT2D eigenvalue weighted by atomic mass is 32.1. The van der Waals surface area contributed by atoms with Crippen LogP contribution in [-0.4, -0.2) is 41.2 Å². The number of hydroxylamine groups is 2. The van der Waals surface area contributed by atoms with E-state index in [1.807, 2.05) is 11.9 Å². The van der Waals surface area contributed by atoms with Gasteiger partial charge < -0.3 is 5.84 Å². The summed E-state index contributed by atoms with van der Waals surface area (Å²) >= 11 is 1.05. The van der Waals surface area contributed by atoms with Crippen LogP contribution in [0.2, 0.25) is 0 Å². The third kappa shape index (κ3) is 2.55. The third-order valence-electron chi connectivity index (χ3n) is 2.93. The van der Waals surface area contributed by atoms with Gasteiger partial charge in [0.05, 0.1) is 17.2 Å². The zero-order valence-electron chi connectivity index (χ0n) is 10.6. The molecule has 0 aromatic carbocycles. The average Bonchev–Trinajstić information content (AvgIpc) is 2.67. The van der Waals surface area contributed by atoms with E-state index in [2.05, 4.69) is 6.58 Å². The summed E-state index contributed by atoms with van der Waals surface area (Å²) in [6.45, 7) is 4.93. The molecule has 0 spiro atoms. The predicted molar refractivity (Wildman–Crippen MR) is 71.9 cm³/mol. The Kier molecular flexibility index (Phi) is 4.03. The second-order valence-electron chi connectivity index (χ2n) is 4.31. The van der Waals surface area contributed by atoms with E-state index >= 15 is 0 Å². The minimum absolute atomic E-state index is 0.229. The van der Waals surface area contributed by atoms with E-state index in [1.165, 1.54) is 5.06 Å². The highest BCUT2D eigenvalue weighted by molar-refractivity contribution is 7.09. The van der Waals surface area contributed by atoms with E-state index < -0.39 is 0 Å². The van der Waals surface area contributed by atoms with Gasteiger partial charge in [-0.1, -0.05) is 17.4 Å². The van der Waals surface area contributed by atoms with Gasteiger partial charge in [0, 0.05) is 13.1 Å². The van der Waals surface area contributed by atoms with E-state index in [-0.39, 0.29) is 17.5 Å². The van der Waals surface area contributed by atoms with Crippen LogP contribution in [0.1, 0.15) is 16.6 Å². The Hall–Kier alpha value is -1.64. The van der Waals surface area contributed by atoms with Crippen molar-refractivity contribution in [1.29, 1.82) is 0 Å². The van der Waals surface area contributed by atoms with Gasteiger partial charge in [0.1, 0.15) is 6.04 Å². The number of nitrogens with zero attached hydrogens (tertiary/aromatic N) is 3. The number of amides is 1. The van der Waals surface area contributed by atoms with E-state index in [4.69, 9.17) is 10.7 Å². The lowest BCUT2D eigenvalue weighted by Gasteiger charge is -2.34. The van der Waals surface area contributed by atoms with Crippen LogP contribution in [0.15, 0.2) is 17.4 Å². The van der Waals surface area contributed by atoms with Crippen molar-refractivity contribution in [3.63, 3.8) is 0 Å². The van der Waals surface area contributed by atoms with Gasteiger partial charge in [-0.25, -0.2) is 9.74 Å². The number of fused-ring (bicyclic) bond motifs is 1. The molecule has 0 fully saturated rings. The number of likely N-dealkylation sites (N-methyl/N-ethyl adjacent to an activating group) is 1. The second kappa shape index (κ2) is 5.55. The molecule has 0 saturated heterocycles. The molecule has 1 amide bonds. The molecule has 2 rings (SSSR count). The molecular weight excluding hydrogens is 268 g/mol. The largest absolute Gasteiger partial charge is 0.335 e. The number of nitrogen functional groups attached to an aromatic ring is 1. The summed E-state index contributed by atoms with van der Waals surface area (Å²) in [5.74, 6) is 5.71. The summed E-state index contributed by atoms with van der Waals surface area (Å²) in [6.07, 6.45) is 2.17. The van der Waals surface area contributed by atoms with Crippen molar-refractivity contribution in [2.75, 3.05) is 26.0 Å². The molecule has 1 aromatic heterocycles. The predicted octanol–water partition coefficient (Wildman–Crippen LogP) is -0.314. The number of thiazole rings is 1. The SMILES string of the molecule is C=CCON(C=O)[C@H]1CN(C)Cc2c1sc(=O)n2N. The smallest absolute Gasteiger partial charge is 0.325 e. The molecule has 19 heavy (non-hydrogen) atoms. The van der Waals surface area contributed by atoms with Crippen molar-refractivity contribution in [2.45, 2.75) is 12.6 Å². The normalized spacial score (nSPS) is 18.9. The Bertz CT molecular complexity index is 539. The number of carbonyl (C=O) groups excluding carboxylic acids is 1. The molecule has 0 saturated carbocycles. The lowest BCUT2D eigenvalue weighted by atomic mass is 10.1. The first-order valence-electron chi connectivity index (χ1n) is 5.74. The molecule has 2 heterocycles. The molecule has 0 aliphatic carbocycles. The van der Waals surface area contributed by atoms with Crippen molar-refractivity contribution < 1.29 is 9.63 Å². The lowest BCUT2D eigenvalue weighted by molar-refractivity contribution is -0.185. The molecule has 8 heteroatoms. The van der Waals surface area contributed by atoms with Crippen LogP contribution in [-0.2, 0) is 16.2 Å². The third-order valence-corrected chi connectivity index (χ3v) is 4.03. The van der Waals surface area contributed by atoms with Crippen molar-refractivity contribution >= 4 is 17.7 Å². The highest BCUT2D eigenvalue weighted by Crippen LogP contribution is 2.31. The fourth-order valence-electron chi connectivity index (χ4n) is 2.07. The Balaban J connectivity index is 2.36. The molecule has 0 bridgehead atoms. The summed E-state index contributed by atoms with van der Waals surface area (Å²) in [5, 5.41) is 1.21. The van der Waals surface area contributed by atoms with Crippen LogP contribution >= 0.6 is 11.3 Å². The Morgan fingerprint density at radius 1 is 1.68 bits per heavy atom. The van der Waals surface area contributed by atoms with Crippen LogP contribution in [0.3, 0.4) is 0 Å². The summed E-state index contributed by atoms with van der Waals surface area (Å²) in [7, 11) is 1.90. The summed E-state index contributed by atoms with van der Waals surface area (Å²) in [4.78, 5) is 30.6. The average molecular weight is 284 g/mol. The van der Waals surface area contributed by atoms with Gasteiger partial charge in [0.2, 0.25) is 6.41 Å². The van der Waals surface area contributed by atoms with Crippen LogP contribution in [0.4, 0.5) is 0 Å². The Morgan fingerprint density at radius 3 is 3.05 bits per heavy atom. The van der Waals surface area contributed by atoms with Gasteiger partial charge in [-0.2, -0.15) is 0 Å². The first-order chi connectivity index (χ1) is 9.08. The van der Waals surface area contributed by atoms with E-state index in [1.54, 1.807) is 6.08 Å². The van der Waals surface area contributed by atoms with E-state index in [0.717, 1.165) is 26.6 Å². The fraction of sp³-hybridized carbons (Fsp3) is 0.455. The molecule has 0 unspecified atom stereocenters. The maximum absolute atomic E-state index is 11.7. The molecular formula is C11H16N4O3S. The second-order valence-corrected chi connectivity index (χ2v) is 5.30. The maximum atomic E-state index is 11.7. The standard InChI is InChI=1S/C11H16N4O3S/c1-3-4-18-14(7-16)8-5-13(2)6-9-10(8)19-11(17)15(9)12/h3,7-8H,1,4-6,12H2,2H3/t8-/m0/s1. The first kappa shape index (κ1) is 13.8. The quantitative estimate of drug-likeness (QED) is 0.347. The minimum atomic E-state index is -0.325. The molecule has 1 aliphatic rings. The number of nitrogens with two attached hydrogens (primary N) is 1. The maximum Gasteiger partial charge on any atom is 0.325 e. The van der Waals surface area contributed by atoms with Crippen LogP contribution in [0.5, 0.6) is 0 Å². The number of carbonyl (C=O) groups is 1. The van der Waals surface area contributed by atoms with Gasteiger partial charge in [-0.05, 0) is 7.05 Å². The molecule has 7 nitrogen and oxygen atoms in total. The fourth-order valence-corrected chi connectivity index (χ4v) is 3.06. The number of rotatable bonds is 5. The van der Waals surface area contributed by atoms with Gasteiger partial charge in [0.15, 0.2) is 0 Å². The molecule has 2 N–H and O–H groups in total. The monoisotopic (exact) mass is 284 g/mol. The molecule has 1 aliphatic heterocycles. The zero-order chi connectivity index (χ0) is 14.0. The van der Waals surface area contributed by atoms with Crippen molar-refractivity contribution in [3.8, 4) is 0 Å². The Labute approximate surface area is 114 Å². The summed E-state index contributed by atoms with van der Waals surface area (Å²) in [6, 6.07) is -0.325. The zero-order valence-corrected chi connectivity index (χ0v) is 11.4. The topological polar surface area (TPSA) is 80.8 Å². The van der Waals surface area contributed by atoms with Crippen LogP contribution in [0.25, 0.3) is 0 Å². The van der Waals surface area contributed by atoms with E-state index in [9.17, 15) is 9.59 Å². The first-order valence-corrected chi connectivity index (χ1v) is 6.55. The molecule has 1 aromatic rings. The molecule has 1 atom stereocenters. The van der Waals surface area contributed by atoms with Crippen molar-refractivity contribution in [2.24, 2.45) is 0 Å². The number of hydrogen-bond donors (Lipinski definition) is 1. The van der Waals surface area contributed by atoms with Gasteiger partial charge in [0.25, 0.3) is 0 Å².